The summed E-state index contributed by atoms with van der Waals surface area (Å²) in [5.41, 5.74) is 4.30. The Morgan fingerprint density at radius 2 is 1.66 bits per heavy atom. The van der Waals surface area contributed by atoms with Crippen molar-refractivity contribution in [3.63, 3.8) is 0 Å². The average Bonchev–Trinajstić information content (AvgIpc) is 3.58. The van der Waals surface area contributed by atoms with Crippen molar-refractivity contribution in [3.8, 4) is 22.3 Å². The van der Waals surface area contributed by atoms with E-state index >= 15 is 0 Å². The Labute approximate surface area is 249 Å². The second kappa shape index (κ2) is 12.6. The molecule has 1 aromatic heterocycles. The molecule has 7 heteroatoms. The molecule has 2 aromatic carbocycles. The Morgan fingerprint density at radius 1 is 1.07 bits per heavy atom. The van der Waals surface area contributed by atoms with Crippen molar-refractivity contribution < 1.29 is 14.1 Å². The van der Waals surface area contributed by atoms with Crippen molar-refractivity contribution in [2.24, 2.45) is 15.4 Å². The van der Waals surface area contributed by atoms with Crippen molar-refractivity contribution in [1.29, 1.82) is 0 Å². The van der Waals surface area contributed by atoms with Crippen LogP contribution in [0.2, 0.25) is 0 Å². The zero-order valence-electron chi connectivity index (χ0n) is 25.0. The molecule has 0 aliphatic heterocycles. The average molecular weight is 591 g/mol. The SMILES string of the molecule is CC(C)c1cc(C#CC2CCCC2)cc(C(C)C)c1CC(=O)N=S(N)(=O)c1cc(C(C)(C)O)c(-c2ccccc2)s1. The van der Waals surface area contributed by atoms with Crippen LogP contribution in [0.15, 0.2) is 57.1 Å². The van der Waals surface area contributed by atoms with E-state index in [4.69, 9.17) is 5.14 Å². The summed E-state index contributed by atoms with van der Waals surface area (Å²) in [6.45, 7) is 11.8. The monoisotopic (exact) mass is 590 g/mol. The molecule has 0 spiro atoms. The topological polar surface area (TPSA) is 92.8 Å². The summed E-state index contributed by atoms with van der Waals surface area (Å²) in [5, 5.41) is 17.1. The van der Waals surface area contributed by atoms with Crippen LogP contribution in [0.4, 0.5) is 0 Å². The fourth-order valence-corrected chi connectivity index (χ4v) is 8.06. The van der Waals surface area contributed by atoms with Gasteiger partial charge in [-0.05, 0) is 79.0 Å². The van der Waals surface area contributed by atoms with Crippen LogP contribution in [0.5, 0.6) is 0 Å². The van der Waals surface area contributed by atoms with E-state index in [2.05, 4.69) is 56.0 Å². The second-order valence-corrected chi connectivity index (χ2v) is 15.2. The molecule has 218 valence electrons. The summed E-state index contributed by atoms with van der Waals surface area (Å²) in [6.07, 6.45) is 4.85. The third-order valence-corrected chi connectivity index (χ3v) is 10.7. The maximum Gasteiger partial charge on any atom is 0.259 e. The minimum absolute atomic E-state index is 0.0147. The Kier molecular flexibility index (Phi) is 9.60. The molecular formula is C34H42N2O3S2. The van der Waals surface area contributed by atoms with Gasteiger partial charge in [0.05, 0.1) is 12.0 Å². The first-order valence-electron chi connectivity index (χ1n) is 14.4. The van der Waals surface area contributed by atoms with Gasteiger partial charge in [0.25, 0.3) is 5.91 Å². The molecule has 5 nitrogen and oxygen atoms in total. The number of benzene rings is 2. The molecule has 1 aliphatic rings. The Hall–Kier alpha value is -2.76. The van der Waals surface area contributed by atoms with Gasteiger partial charge in [0, 0.05) is 21.9 Å². The molecule has 3 aromatic rings. The van der Waals surface area contributed by atoms with Gasteiger partial charge < -0.3 is 5.11 Å². The number of thiophene rings is 1. The zero-order chi connectivity index (χ0) is 29.9. The lowest BCUT2D eigenvalue weighted by atomic mass is 9.85. The molecule has 41 heavy (non-hydrogen) atoms. The van der Waals surface area contributed by atoms with Crippen molar-refractivity contribution >= 4 is 27.2 Å². The van der Waals surface area contributed by atoms with E-state index in [1.54, 1.807) is 19.9 Å². The Bertz CT molecular complexity index is 1560. The third kappa shape index (κ3) is 7.55. The van der Waals surface area contributed by atoms with Gasteiger partial charge in [-0.2, -0.15) is 0 Å². The first-order chi connectivity index (χ1) is 19.3. The van der Waals surface area contributed by atoms with Gasteiger partial charge in [-0.3, -0.25) is 4.79 Å². The highest BCUT2D eigenvalue weighted by molar-refractivity contribution is 7.93. The van der Waals surface area contributed by atoms with E-state index in [9.17, 15) is 14.1 Å². The normalized spacial score (nSPS) is 15.6. The maximum absolute atomic E-state index is 13.7. The van der Waals surface area contributed by atoms with E-state index in [1.807, 2.05) is 30.3 Å². The number of carbonyl (C=O) groups is 1. The highest BCUT2D eigenvalue weighted by Gasteiger charge is 2.27. The van der Waals surface area contributed by atoms with Crippen LogP contribution >= 0.6 is 11.3 Å². The molecular weight excluding hydrogens is 549 g/mol. The number of hydrogen-bond acceptors (Lipinski definition) is 4. The molecule has 1 saturated carbocycles. The number of carbonyl (C=O) groups excluding carboxylic acids is 1. The van der Waals surface area contributed by atoms with E-state index in [0.717, 1.165) is 32.7 Å². The zero-order valence-corrected chi connectivity index (χ0v) is 26.6. The molecule has 0 saturated heterocycles. The first-order valence-corrected chi connectivity index (χ1v) is 16.8. The van der Waals surface area contributed by atoms with Gasteiger partial charge in [0.1, 0.15) is 4.21 Å². The van der Waals surface area contributed by atoms with Gasteiger partial charge >= 0.3 is 0 Å². The van der Waals surface area contributed by atoms with Crippen molar-refractivity contribution in [3.05, 3.63) is 76.3 Å². The number of aliphatic hydroxyl groups is 1. The van der Waals surface area contributed by atoms with Crippen molar-refractivity contribution in [2.75, 3.05) is 0 Å². The summed E-state index contributed by atoms with van der Waals surface area (Å²) in [7, 11) is -3.53. The molecule has 0 radical (unpaired) electrons. The fraction of sp³-hybridized carbons (Fsp3) is 0.441. The molecule has 4 rings (SSSR count). The largest absolute Gasteiger partial charge is 0.386 e. The predicted octanol–water partition coefficient (Wildman–Crippen LogP) is 7.90. The van der Waals surface area contributed by atoms with Gasteiger partial charge in [0.2, 0.25) is 0 Å². The minimum atomic E-state index is -3.53. The van der Waals surface area contributed by atoms with Crippen molar-refractivity contribution in [1.82, 2.24) is 0 Å². The first kappa shape index (κ1) is 31.2. The lowest BCUT2D eigenvalue weighted by Gasteiger charge is -2.20. The number of rotatable bonds is 7. The van der Waals surface area contributed by atoms with E-state index in [-0.39, 0.29) is 22.5 Å². The van der Waals surface area contributed by atoms with Gasteiger partial charge in [-0.1, -0.05) is 82.7 Å². The summed E-state index contributed by atoms with van der Waals surface area (Å²) in [4.78, 5) is 14.2. The highest BCUT2D eigenvalue weighted by Crippen LogP contribution is 2.40. The lowest BCUT2D eigenvalue weighted by molar-refractivity contribution is -0.117. The molecule has 1 unspecified atom stereocenters. The van der Waals surface area contributed by atoms with Crippen LogP contribution < -0.4 is 5.14 Å². The lowest BCUT2D eigenvalue weighted by Crippen LogP contribution is -2.17. The Morgan fingerprint density at radius 3 is 2.20 bits per heavy atom. The maximum atomic E-state index is 13.7. The van der Waals surface area contributed by atoms with Crippen LogP contribution in [-0.4, -0.2) is 15.2 Å². The van der Waals surface area contributed by atoms with E-state index in [1.165, 1.54) is 37.0 Å². The van der Waals surface area contributed by atoms with Crippen molar-refractivity contribution in [2.45, 2.75) is 95.3 Å². The third-order valence-electron chi connectivity index (χ3n) is 7.60. The quantitative estimate of drug-likeness (QED) is 0.274. The van der Waals surface area contributed by atoms with Crippen LogP contribution in [-0.2, 0) is 26.7 Å². The predicted molar refractivity (Wildman–Crippen MR) is 170 cm³/mol. The summed E-state index contributed by atoms with van der Waals surface area (Å²) in [5.74, 6) is 7.16. The molecule has 1 aliphatic carbocycles. The summed E-state index contributed by atoms with van der Waals surface area (Å²) in [6, 6.07) is 15.4. The number of amides is 1. The molecule has 1 heterocycles. The molecule has 1 fully saturated rings. The molecule has 0 bridgehead atoms. The molecule has 3 N–H and O–H groups in total. The van der Waals surface area contributed by atoms with Crippen LogP contribution in [0.3, 0.4) is 0 Å². The van der Waals surface area contributed by atoms with Gasteiger partial charge in [-0.15, -0.1) is 15.7 Å². The second-order valence-electron chi connectivity index (χ2n) is 12.2. The van der Waals surface area contributed by atoms with E-state index in [0.29, 0.717) is 11.5 Å². The highest BCUT2D eigenvalue weighted by atomic mass is 32.2. The fourth-order valence-electron chi connectivity index (χ4n) is 5.43. The number of nitrogens with two attached hydrogens (primary N) is 1. The smallest absolute Gasteiger partial charge is 0.259 e. The number of hydrogen-bond donors (Lipinski definition) is 2. The molecule has 1 amide bonds. The standard InChI is InChI=1S/C34H42N2O3S2/c1-22(2)27-18-25(17-16-24-12-10-11-13-24)19-28(23(3)4)29(27)20-31(37)36-41(35,39)32-21-30(34(5,6)38)33(40-32)26-14-8-7-9-15-26/h7-9,14-15,18-19,21-24,38H,10-13,20H2,1-6H3,(H2,35,36,37,39). The van der Waals surface area contributed by atoms with Gasteiger partial charge in [0.15, 0.2) is 9.92 Å². The Balaban J connectivity index is 1.71. The van der Waals surface area contributed by atoms with Crippen LogP contribution in [0, 0.1) is 17.8 Å². The van der Waals surface area contributed by atoms with Crippen LogP contribution in [0.25, 0.3) is 10.4 Å². The van der Waals surface area contributed by atoms with Crippen LogP contribution in [0.1, 0.15) is 107 Å². The molecule has 1 atom stereocenters. The minimum Gasteiger partial charge on any atom is -0.386 e. The number of nitrogens with zero attached hydrogens (tertiary/aromatic N) is 1. The van der Waals surface area contributed by atoms with Gasteiger partial charge in [-0.25, -0.2) is 9.35 Å². The van der Waals surface area contributed by atoms with E-state index < -0.39 is 21.4 Å². The summed E-state index contributed by atoms with van der Waals surface area (Å²) < 4.78 is 18.1. The summed E-state index contributed by atoms with van der Waals surface area (Å²) >= 11 is 1.21.